The molecule has 20 heavy (non-hydrogen) atoms. The van der Waals surface area contributed by atoms with Gasteiger partial charge in [-0.25, -0.2) is 4.98 Å². The van der Waals surface area contributed by atoms with E-state index in [4.69, 9.17) is 5.73 Å². The second kappa shape index (κ2) is 4.80. The summed E-state index contributed by atoms with van der Waals surface area (Å²) in [6.45, 7) is 2.08. The molecule has 0 aliphatic carbocycles. The third-order valence-corrected chi connectivity index (χ3v) is 3.32. The summed E-state index contributed by atoms with van der Waals surface area (Å²) in [6.07, 6.45) is 1.58. The van der Waals surface area contributed by atoms with Crippen molar-refractivity contribution < 1.29 is 0 Å². The van der Waals surface area contributed by atoms with Crippen LogP contribution in [0.25, 0.3) is 11.2 Å². The van der Waals surface area contributed by atoms with E-state index in [0.717, 1.165) is 18.7 Å². The molecule has 0 spiro atoms. The van der Waals surface area contributed by atoms with Crippen LogP contribution in [0.1, 0.15) is 17.0 Å². The Labute approximate surface area is 115 Å². The fourth-order valence-corrected chi connectivity index (χ4v) is 2.23. The first-order valence-electron chi connectivity index (χ1n) is 6.42. The second-order valence-corrected chi connectivity index (χ2v) is 4.76. The van der Waals surface area contributed by atoms with Gasteiger partial charge in [0.1, 0.15) is 5.82 Å². The third kappa shape index (κ3) is 2.27. The summed E-state index contributed by atoms with van der Waals surface area (Å²) in [5.41, 5.74) is 8.48. The zero-order valence-electron chi connectivity index (χ0n) is 11.1. The Hall–Kier alpha value is -2.63. The number of rotatable bonds is 3. The van der Waals surface area contributed by atoms with Crippen LogP contribution in [0.15, 0.2) is 29.1 Å². The summed E-state index contributed by atoms with van der Waals surface area (Å²) in [7, 11) is 0. The molecular formula is C14H15N5O. The van der Waals surface area contributed by atoms with Gasteiger partial charge in [-0.1, -0.05) is 24.3 Å². The van der Waals surface area contributed by atoms with Gasteiger partial charge in [-0.2, -0.15) is 4.98 Å². The molecule has 0 unspecified atom stereocenters. The molecule has 0 atom stereocenters. The van der Waals surface area contributed by atoms with Crippen LogP contribution in [-0.4, -0.2) is 19.9 Å². The fourth-order valence-electron chi connectivity index (χ4n) is 2.23. The predicted octanol–water partition coefficient (Wildman–Crippen LogP) is 1.32. The van der Waals surface area contributed by atoms with Gasteiger partial charge in [-0.15, -0.1) is 0 Å². The van der Waals surface area contributed by atoms with E-state index >= 15 is 0 Å². The molecule has 6 nitrogen and oxygen atoms in total. The van der Waals surface area contributed by atoms with Crippen LogP contribution < -0.4 is 11.3 Å². The Morgan fingerprint density at radius 2 is 1.95 bits per heavy atom. The summed E-state index contributed by atoms with van der Waals surface area (Å²) in [5, 5.41) is 0. The molecule has 0 fully saturated rings. The lowest BCUT2D eigenvalue weighted by Crippen LogP contribution is -2.10. The molecule has 0 amide bonds. The Morgan fingerprint density at radius 1 is 1.15 bits per heavy atom. The number of H-pyrrole nitrogens is 2. The lowest BCUT2D eigenvalue weighted by Gasteiger charge is -2.03. The minimum atomic E-state index is -0.290. The number of nitrogens with one attached hydrogen (secondary N) is 2. The van der Waals surface area contributed by atoms with Crippen LogP contribution in [0.5, 0.6) is 0 Å². The summed E-state index contributed by atoms with van der Waals surface area (Å²) in [6, 6.07) is 8.22. The molecule has 0 saturated carbocycles. The highest BCUT2D eigenvalue weighted by Crippen LogP contribution is 2.11. The van der Waals surface area contributed by atoms with Crippen LogP contribution in [0.3, 0.4) is 0 Å². The number of imidazole rings is 1. The van der Waals surface area contributed by atoms with Gasteiger partial charge < -0.3 is 10.7 Å². The number of nitrogen functional groups attached to an aromatic ring is 1. The molecule has 4 N–H and O–H groups in total. The van der Waals surface area contributed by atoms with Crippen molar-refractivity contribution in [2.24, 2.45) is 0 Å². The van der Waals surface area contributed by atoms with Gasteiger partial charge in [0.25, 0.3) is 5.56 Å². The van der Waals surface area contributed by atoms with Crippen LogP contribution in [-0.2, 0) is 12.8 Å². The number of aromatic nitrogens is 4. The molecule has 0 saturated heterocycles. The molecule has 0 aliphatic heterocycles. The standard InChI is InChI=1S/C14H15N5O/c1-8-4-2-3-5-9(8)6-7-10-16-11-12(17-10)18-14(15)19-13(11)20/h2-5H,6-7H2,1H3,(H4,15,16,17,18,19,20). The van der Waals surface area contributed by atoms with Crippen molar-refractivity contribution in [3.8, 4) is 0 Å². The normalized spacial score (nSPS) is 11.1. The minimum absolute atomic E-state index is 0.0828. The fraction of sp³-hybridized carbons (Fsp3) is 0.214. The topological polar surface area (TPSA) is 100 Å². The van der Waals surface area contributed by atoms with Crippen molar-refractivity contribution in [2.45, 2.75) is 19.8 Å². The first kappa shape index (κ1) is 12.4. The number of benzene rings is 1. The lowest BCUT2D eigenvalue weighted by atomic mass is 10.0. The Bertz CT molecular complexity index is 818. The lowest BCUT2D eigenvalue weighted by molar-refractivity contribution is 0.882. The Balaban J connectivity index is 1.87. The van der Waals surface area contributed by atoms with Crippen molar-refractivity contribution in [1.29, 1.82) is 0 Å². The number of nitrogens with two attached hydrogens (primary N) is 1. The van der Waals surface area contributed by atoms with E-state index in [9.17, 15) is 4.79 Å². The van der Waals surface area contributed by atoms with Gasteiger partial charge in [0, 0.05) is 6.42 Å². The van der Waals surface area contributed by atoms with Gasteiger partial charge in [0.05, 0.1) is 0 Å². The maximum atomic E-state index is 11.7. The zero-order valence-corrected chi connectivity index (χ0v) is 11.1. The highest BCUT2D eigenvalue weighted by atomic mass is 16.1. The van der Waals surface area contributed by atoms with E-state index in [2.05, 4.69) is 39.0 Å². The number of nitrogens with zero attached hydrogens (tertiary/aromatic N) is 2. The highest BCUT2D eigenvalue weighted by molar-refractivity contribution is 5.70. The minimum Gasteiger partial charge on any atom is -0.369 e. The summed E-state index contributed by atoms with van der Waals surface area (Å²) in [4.78, 5) is 25.5. The second-order valence-electron chi connectivity index (χ2n) is 4.76. The quantitative estimate of drug-likeness (QED) is 0.667. The van der Waals surface area contributed by atoms with E-state index < -0.39 is 0 Å². The summed E-state index contributed by atoms with van der Waals surface area (Å²) in [5.74, 6) is 0.825. The van der Waals surface area contributed by atoms with Gasteiger partial charge >= 0.3 is 0 Å². The zero-order chi connectivity index (χ0) is 14.1. The number of aromatic amines is 2. The molecule has 0 bridgehead atoms. The maximum absolute atomic E-state index is 11.7. The number of hydrogen-bond donors (Lipinski definition) is 3. The molecule has 0 aliphatic rings. The molecule has 0 radical (unpaired) electrons. The van der Waals surface area contributed by atoms with E-state index in [1.807, 2.05) is 12.1 Å². The van der Waals surface area contributed by atoms with E-state index in [1.54, 1.807) is 0 Å². The predicted molar refractivity (Wildman–Crippen MR) is 77.5 cm³/mol. The molecule has 3 rings (SSSR count). The third-order valence-electron chi connectivity index (χ3n) is 3.32. The Morgan fingerprint density at radius 3 is 2.75 bits per heavy atom. The van der Waals surface area contributed by atoms with Crippen molar-refractivity contribution in [1.82, 2.24) is 19.9 Å². The first-order chi connectivity index (χ1) is 9.63. The highest BCUT2D eigenvalue weighted by Gasteiger charge is 2.09. The van der Waals surface area contributed by atoms with Crippen molar-refractivity contribution in [3.05, 3.63) is 51.6 Å². The molecule has 2 aromatic heterocycles. The number of anilines is 1. The van der Waals surface area contributed by atoms with E-state index in [-0.39, 0.29) is 11.5 Å². The monoisotopic (exact) mass is 269 g/mol. The molecule has 2 heterocycles. The van der Waals surface area contributed by atoms with Crippen molar-refractivity contribution in [3.63, 3.8) is 0 Å². The average molecular weight is 269 g/mol. The number of aryl methyl sites for hydroxylation is 3. The number of hydrogen-bond acceptors (Lipinski definition) is 4. The average Bonchev–Trinajstić information content (AvgIpc) is 2.81. The number of fused-ring (bicyclic) bond motifs is 1. The van der Waals surface area contributed by atoms with Crippen LogP contribution in [0.4, 0.5) is 5.95 Å². The van der Waals surface area contributed by atoms with Crippen LogP contribution in [0, 0.1) is 6.92 Å². The van der Waals surface area contributed by atoms with Crippen LogP contribution in [0.2, 0.25) is 0 Å². The van der Waals surface area contributed by atoms with Gasteiger partial charge in [0.2, 0.25) is 5.95 Å². The van der Waals surface area contributed by atoms with Crippen molar-refractivity contribution in [2.75, 3.05) is 5.73 Å². The van der Waals surface area contributed by atoms with Gasteiger partial charge in [0.15, 0.2) is 11.2 Å². The van der Waals surface area contributed by atoms with E-state index in [1.165, 1.54) is 11.1 Å². The van der Waals surface area contributed by atoms with Gasteiger partial charge in [-0.05, 0) is 24.5 Å². The van der Waals surface area contributed by atoms with Gasteiger partial charge in [-0.3, -0.25) is 9.78 Å². The summed E-state index contributed by atoms with van der Waals surface area (Å²) < 4.78 is 0. The summed E-state index contributed by atoms with van der Waals surface area (Å²) >= 11 is 0. The largest absolute Gasteiger partial charge is 0.369 e. The van der Waals surface area contributed by atoms with E-state index in [0.29, 0.717) is 11.2 Å². The molecule has 1 aromatic carbocycles. The molecule has 3 aromatic rings. The SMILES string of the molecule is Cc1ccccc1CCc1nc2nc(N)[nH]c(=O)c2[nH]1. The molecular weight excluding hydrogens is 254 g/mol. The molecule has 6 heteroatoms. The van der Waals surface area contributed by atoms with Crippen LogP contribution >= 0.6 is 0 Å². The smallest absolute Gasteiger partial charge is 0.278 e. The first-order valence-corrected chi connectivity index (χ1v) is 6.42. The Kier molecular flexibility index (Phi) is 2.98. The maximum Gasteiger partial charge on any atom is 0.278 e. The molecule has 102 valence electrons. The van der Waals surface area contributed by atoms with Crippen molar-refractivity contribution >= 4 is 17.1 Å².